The smallest absolute Gasteiger partial charge is 0.205 e. The third-order valence-electron chi connectivity index (χ3n) is 0.661. The fraction of sp³-hybridized carbons (Fsp3) is 0. The Morgan fingerprint density at radius 3 is 2.88 bits per heavy atom. The fourth-order valence-electron chi connectivity index (χ4n) is 0.339. The highest BCUT2D eigenvalue weighted by molar-refractivity contribution is 7.79. The van der Waals surface area contributed by atoms with Gasteiger partial charge in [-0.05, 0) is 0 Å². The average molecular weight is 132 g/mol. The highest BCUT2D eigenvalue weighted by Crippen LogP contribution is 1.93. The van der Waals surface area contributed by atoms with Gasteiger partial charge in [0.15, 0.2) is 5.03 Å². The van der Waals surface area contributed by atoms with E-state index in [0.29, 0.717) is 0 Å². The van der Waals surface area contributed by atoms with Crippen molar-refractivity contribution in [2.24, 2.45) is 0 Å². The predicted octanol–water partition coefficient (Wildman–Crippen LogP) is -0.00970. The van der Waals surface area contributed by atoms with Crippen LogP contribution in [0.15, 0.2) is 17.6 Å². The van der Waals surface area contributed by atoms with Crippen LogP contribution in [-0.2, 0) is 11.1 Å². The van der Waals surface area contributed by atoms with Crippen molar-refractivity contribution < 1.29 is 8.76 Å². The van der Waals surface area contributed by atoms with Crippen molar-refractivity contribution in [3.8, 4) is 0 Å². The lowest BCUT2D eigenvalue weighted by Gasteiger charge is -1.80. The van der Waals surface area contributed by atoms with Crippen LogP contribution in [0.5, 0.6) is 0 Å². The van der Waals surface area contributed by atoms with Crippen LogP contribution in [0.4, 0.5) is 0 Å². The molecule has 5 heteroatoms. The summed E-state index contributed by atoms with van der Waals surface area (Å²) >= 11 is -1.92. The van der Waals surface area contributed by atoms with Crippen LogP contribution in [-0.4, -0.2) is 18.7 Å². The lowest BCUT2D eigenvalue weighted by molar-refractivity contribution is 0.561. The number of H-pyrrole nitrogens is 1. The molecule has 1 unspecified atom stereocenters. The number of hydrogen-bond acceptors (Lipinski definition) is 2. The summed E-state index contributed by atoms with van der Waals surface area (Å²) in [4.78, 5) is 6.01. The first-order chi connectivity index (χ1) is 3.80. The SMILES string of the molecule is O=S(O)c1cnc[nH]1. The molecule has 1 atom stereocenters. The van der Waals surface area contributed by atoms with Crippen molar-refractivity contribution in [1.29, 1.82) is 0 Å². The summed E-state index contributed by atoms with van der Waals surface area (Å²) < 4.78 is 18.4. The van der Waals surface area contributed by atoms with Gasteiger partial charge in [-0.1, -0.05) is 0 Å². The lowest BCUT2D eigenvalue weighted by atomic mass is 11.0. The molecule has 1 rings (SSSR count). The van der Waals surface area contributed by atoms with Crippen molar-refractivity contribution in [2.45, 2.75) is 5.03 Å². The number of nitrogens with one attached hydrogen (secondary N) is 1. The Kier molecular flexibility index (Phi) is 1.40. The zero-order chi connectivity index (χ0) is 5.98. The first kappa shape index (κ1) is 5.46. The maximum Gasteiger partial charge on any atom is 0.205 e. The first-order valence-electron chi connectivity index (χ1n) is 1.90. The van der Waals surface area contributed by atoms with Gasteiger partial charge in [0, 0.05) is 0 Å². The average Bonchev–Trinajstić information content (AvgIpc) is 2.12. The Hall–Kier alpha value is -0.680. The Bertz CT molecular complexity index is 183. The highest BCUT2D eigenvalue weighted by Gasteiger charge is 1.96. The van der Waals surface area contributed by atoms with Crippen LogP contribution in [0.1, 0.15) is 0 Å². The van der Waals surface area contributed by atoms with Crippen LogP contribution in [0.25, 0.3) is 0 Å². The van der Waals surface area contributed by atoms with E-state index >= 15 is 0 Å². The molecule has 0 fully saturated rings. The summed E-state index contributed by atoms with van der Waals surface area (Å²) in [6, 6.07) is 0. The third kappa shape index (κ3) is 0.932. The van der Waals surface area contributed by atoms with Crippen molar-refractivity contribution in [3.63, 3.8) is 0 Å². The molecule has 0 aliphatic rings. The molecule has 2 N–H and O–H groups in total. The van der Waals surface area contributed by atoms with Crippen molar-refractivity contribution in [3.05, 3.63) is 12.5 Å². The van der Waals surface area contributed by atoms with Crippen molar-refractivity contribution in [1.82, 2.24) is 9.97 Å². The molecule has 0 bridgehead atoms. The van der Waals surface area contributed by atoms with Crippen LogP contribution in [0.2, 0.25) is 0 Å². The zero-order valence-electron chi connectivity index (χ0n) is 3.87. The van der Waals surface area contributed by atoms with Crippen LogP contribution >= 0.6 is 0 Å². The Balaban J connectivity index is 2.93. The van der Waals surface area contributed by atoms with Gasteiger partial charge in [-0.3, -0.25) is 0 Å². The van der Waals surface area contributed by atoms with Gasteiger partial charge in [0.05, 0.1) is 12.5 Å². The third-order valence-corrected chi connectivity index (χ3v) is 1.26. The largest absolute Gasteiger partial charge is 0.336 e. The van der Waals surface area contributed by atoms with Crippen LogP contribution in [0.3, 0.4) is 0 Å². The van der Waals surface area contributed by atoms with Gasteiger partial charge >= 0.3 is 0 Å². The summed E-state index contributed by atoms with van der Waals surface area (Å²) in [6.45, 7) is 0. The predicted molar refractivity (Wildman–Crippen MR) is 27.6 cm³/mol. The van der Waals surface area contributed by atoms with E-state index < -0.39 is 11.1 Å². The second-order valence-corrected chi connectivity index (χ2v) is 2.10. The fourth-order valence-corrected chi connectivity index (χ4v) is 0.643. The number of rotatable bonds is 1. The maximum absolute atomic E-state index is 10.1. The summed E-state index contributed by atoms with van der Waals surface area (Å²) in [7, 11) is 0. The molecule has 0 aliphatic carbocycles. The normalized spacial score (nSPS) is 13.6. The molecular formula is C3H4N2O2S. The van der Waals surface area contributed by atoms with Gasteiger partial charge in [0.1, 0.15) is 0 Å². The minimum Gasteiger partial charge on any atom is -0.336 e. The van der Waals surface area contributed by atoms with Gasteiger partial charge in [-0.15, -0.1) is 0 Å². The van der Waals surface area contributed by atoms with Gasteiger partial charge in [-0.25, -0.2) is 9.19 Å². The maximum atomic E-state index is 10.1. The standard InChI is InChI=1S/C3H4N2O2S/c6-8(7)3-1-4-2-5-3/h1-2H,(H,4,5)(H,6,7). The van der Waals surface area contributed by atoms with Crippen molar-refractivity contribution in [2.75, 3.05) is 0 Å². The second kappa shape index (κ2) is 2.06. The Morgan fingerprint density at radius 2 is 2.62 bits per heavy atom. The highest BCUT2D eigenvalue weighted by atomic mass is 32.2. The first-order valence-corrected chi connectivity index (χ1v) is 3.00. The van der Waals surface area contributed by atoms with Crippen LogP contribution < -0.4 is 0 Å². The molecule has 0 saturated carbocycles. The zero-order valence-corrected chi connectivity index (χ0v) is 4.68. The molecule has 1 aromatic heterocycles. The summed E-state index contributed by atoms with van der Waals surface area (Å²) in [5, 5.41) is 0.227. The van der Waals surface area contributed by atoms with E-state index in [1.807, 2.05) is 0 Å². The van der Waals surface area contributed by atoms with Gasteiger partial charge < -0.3 is 9.54 Å². The molecule has 1 heterocycles. The quantitative estimate of drug-likeness (QED) is 0.528. The minimum absolute atomic E-state index is 0.227. The van der Waals surface area contributed by atoms with E-state index in [1.165, 1.54) is 12.5 Å². The second-order valence-electron chi connectivity index (χ2n) is 1.17. The monoisotopic (exact) mass is 132 g/mol. The minimum atomic E-state index is -1.92. The van der Waals surface area contributed by atoms with E-state index in [4.69, 9.17) is 4.55 Å². The number of aromatic amines is 1. The molecule has 0 aliphatic heterocycles. The van der Waals surface area contributed by atoms with Gasteiger partial charge in [-0.2, -0.15) is 0 Å². The van der Waals surface area contributed by atoms with E-state index in [2.05, 4.69) is 9.97 Å². The Labute approximate surface area is 48.2 Å². The van der Waals surface area contributed by atoms with E-state index in [-0.39, 0.29) is 5.03 Å². The molecule has 1 aromatic rings. The molecule has 8 heavy (non-hydrogen) atoms. The molecular weight excluding hydrogens is 128 g/mol. The van der Waals surface area contributed by atoms with E-state index in [1.54, 1.807) is 0 Å². The molecule has 0 aromatic carbocycles. The lowest BCUT2D eigenvalue weighted by Crippen LogP contribution is -1.85. The molecule has 0 spiro atoms. The summed E-state index contributed by atoms with van der Waals surface area (Å²) in [6.07, 6.45) is 2.65. The van der Waals surface area contributed by atoms with Crippen LogP contribution in [0, 0.1) is 0 Å². The number of imidazole rings is 1. The molecule has 44 valence electrons. The summed E-state index contributed by atoms with van der Waals surface area (Å²) in [5.41, 5.74) is 0. The van der Waals surface area contributed by atoms with E-state index in [0.717, 1.165) is 0 Å². The van der Waals surface area contributed by atoms with Gasteiger partial charge in [0.25, 0.3) is 0 Å². The Morgan fingerprint density at radius 1 is 1.88 bits per heavy atom. The van der Waals surface area contributed by atoms with Gasteiger partial charge in [0.2, 0.25) is 11.1 Å². The number of nitrogens with zero attached hydrogens (tertiary/aromatic N) is 1. The van der Waals surface area contributed by atoms with E-state index in [9.17, 15) is 4.21 Å². The number of aromatic nitrogens is 2. The van der Waals surface area contributed by atoms with Crippen molar-refractivity contribution >= 4 is 11.1 Å². The molecule has 0 saturated heterocycles. The summed E-state index contributed by atoms with van der Waals surface area (Å²) in [5.74, 6) is 0. The topological polar surface area (TPSA) is 66.0 Å². The molecule has 0 amide bonds. The number of hydrogen-bond donors (Lipinski definition) is 2. The molecule has 0 radical (unpaired) electrons. The molecule has 4 nitrogen and oxygen atoms in total.